The zero-order valence-electron chi connectivity index (χ0n) is 14.1. The number of hydrogen-bond donors (Lipinski definition) is 1. The lowest BCUT2D eigenvalue weighted by molar-refractivity contribution is -0.122. The summed E-state index contributed by atoms with van der Waals surface area (Å²) in [5.41, 5.74) is 0.491. The first-order valence-electron chi connectivity index (χ1n) is 7.76. The summed E-state index contributed by atoms with van der Waals surface area (Å²) in [6, 6.07) is 7.07. The van der Waals surface area contributed by atoms with Gasteiger partial charge < -0.3 is 10.1 Å². The minimum absolute atomic E-state index is 0.0129. The summed E-state index contributed by atoms with van der Waals surface area (Å²) in [5.74, 6) is -0.432. The third-order valence-corrected chi connectivity index (χ3v) is 4.21. The molecule has 0 fully saturated rings. The molecule has 2 heterocycles. The van der Waals surface area contributed by atoms with Gasteiger partial charge in [-0.05, 0) is 30.7 Å². The molecule has 2 aromatic heterocycles. The normalized spacial score (nSPS) is 12.2. The number of nitrogens with one attached hydrogen (secondary N) is 1. The van der Waals surface area contributed by atoms with Gasteiger partial charge >= 0.3 is 5.69 Å². The first kappa shape index (κ1) is 17.9. The van der Waals surface area contributed by atoms with E-state index in [1.807, 2.05) is 0 Å². The number of benzene rings is 1. The number of pyridine rings is 1. The second-order valence-corrected chi connectivity index (χ2v) is 6.10. The van der Waals surface area contributed by atoms with Gasteiger partial charge in [-0.15, -0.1) is 5.10 Å². The van der Waals surface area contributed by atoms with Crippen LogP contribution in [0.25, 0.3) is 5.65 Å². The second kappa shape index (κ2) is 7.17. The molecule has 3 aromatic rings. The summed E-state index contributed by atoms with van der Waals surface area (Å²) in [5, 5.41) is 6.83. The molecule has 7 nitrogen and oxygen atoms in total. The van der Waals surface area contributed by atoms with Gasteiger partial charge in [-0.1, -0.05) is 17.7 Å². The second-order valence-electron chi connectivity index (χ2n) is 5.70. The molecule has 0 aliphatic carbocycles. The van der Waals surface area contributed by atoms with Crippen LogP contribution < -0.4 is 15.7 Å². The van der Waals surface area contributed by atoms with Crippen LogP contribution in [0.1, 0.15) is 18.5 Å². The first-order valence-corrected chi connectivity index (χ1v) is 8.14. The molecular weight excluding hydrogens is 363 g/mol. The van der Waals surface area contributed by atoms with Crippen molar-refractivity contribution in [2.45, 2.75) is 19.5 Å². The standard InChI is InChI=1S/C17H16ClFN4O3/c1-10(11-3-4-13(18)14(19)7-11)20-16(24)9-23-17(25)22-6-5-12(26-2)8-15(22)21-23/h3-8,10H,9H2,1-2H3,(H,20,24)/t10-/m0/s1. The Balaban J connectivity index is 1.75. The zero-order valence-corrected chi connectivity index (χ0v) is 14.8. The molecule has 1 atom stereocenters. The van der Waals surface area contributed by atoms with Gasteiger partial charge in [0.15, 0.2) is 5.65 Å². The number of amides is 1. The zero-order chi connectivity index (χ0) is 18.8. The first-order chi connectivity index (χ1) is 12.4. The highest BCUT2D eigenvalue weighted by molar-refractivity contribution is 6.30. The number of carbonyl (C=O) groups excluding carboxylic acids is 1. The quantitative estimate of drug-likeness (QED) is 0.738. The minimum atomic E-state index is -0.559. The van der Waals surface area contributed by atoms with E-state index in [2.05, 4.69) is 10.4 Å². The van der Waals surface area contributed by atoms with Crippen LogP contribution in [0, 0.1) is 5.82 Å². The van der Waals surface area contributed by atoms with Gasteiger partial charge in [0.25, 0.3) is 0 Å². The fraction of sp³-hybridized carbons (Fsp3) is 0.235. The van der Waals surface area contributed by atoms with Gasteiger partial charge in [-0.3, -0.25) is 9.20 Å². The topological polar surface area (TPSA) is 77.6 Å². The molecule has 9 heteroatoms. The van der Waals surface area contributed by atoms with Gasteiger partial charge in [0, 0.05) is 12.3 Å². The molecule has 1 aromatic carbocycles. The maximum absolute atomic E-state index is 13.5. The molecule has 0 unspecified atom stereocenters. The Kier molecular flexibility index (Phi) is 4.94. The van der Waals surface area contributed by atoms with Crippen molar-refractivity contribution in [3.63, 3.8) is 0 Å². The number of rotatable bonds is 5. The van der Waals surface area contributed by atoms with E-state index in [9.17, 15) is 14.0 Å². The summed E-state index contributed by atoms with van der Waals surface area (Å²) in [6.45, 7) is 1.45. The summed E-state index contributed by atoms with van der Waals surface area (Å²) in [4.78, 5) is 24.5. The SMILES string of the molecule is COc1ccn2c(=O)n(CC(=O)N[C@@H](C)c3ccc(Cl)c(F)c3)nc2c1. The number of methoxy groups -OCH3 is 1. The van der Waals surface area contributed by atoms with Crippen molar-refractivity contribution < 1.29 is 13.9 Å². The van der Waals surface area contributed by atoms with E-state index in [-0.39, 0.29) is 11.6 Å². The molecular formula is C17H16ClFN4O3. The molecule has 0 aliphatic heterocycles. The summed E-state index contributed by atoms with van der Waals surface area (Å²) in [6.07, 6.45) is 1.52. The van der Waals surface area contributed by atoms with Crippen molar-refractivity contribution in [3.8, 4) is 5.75 Å². The molecule has 0 bridgehead atoms. The molecule has 136 valence electrons. The van der Waals surface area contributed by atoms with Crippen LogP contribution in [-0.4, -0.2) is 27.2 Å². The molecule has 0 aliphatic rings. The van der Waals surface area contributed by atoms with Crippen molar-refractivity contribution in [1.29, 1.82) is 0 Å². The maximum atomic E-state index is 13.5. The molecule has 1 amide bonds. The highest BCUT2D eigenvalue weighted by Gasteiger charge is 2.15. The Morgan fingerprint density at radius 2 is 2.15 bits per heavy atom. The lowest BCUT2D eigenvalue weighted by Gasteiger charge is -2.14. The van der Waals surface area contributed by atoms with E-state index in [1.54, 1.807) is 25.1 Å². The van der Waals surface area contributed by atoms with E-state index in [0.717, 1.165) is 4.68 Å². The third-order valence-electron chi connectivity index (χ3n) is 3.91. The fourth-order valence-electron chi connectivity index (χ4n) is 2.52. The van der Waals surface area contributed by atoms with E-state index < -0.39 is 23.5 Å². The van der Waals surface area contributed by atoms with Crippen molar-refractivity contribution in [2.75, 3.05) is 7.11 Å². The number of aromatic nitrogens is 3. The number of halogens is 2. The van der Waals surface area contributed by atoms with Crippen LogP contribution in [0.2, 0.25) is 5.02 Å². The Morgan fingerprint density at radius 1 is 1.38 bits per heavy atom. The van der Waals surface area contributed by atoms with Crippen molar-refractivity contribution >= 4 is 23.2 Å². The van der Waals surface area contributed by atoms with E-state index >= 15 is 0 Å². The van der Waals surface area contributed by atoms with E-state index in [4.69, 9.17) is 16.3 Å². The van der Waals surface area contributed by atoms with Crippen LogP contribution in [0.4, 0.5) is 4.39 Å². The van der Waals surface area contributed by atoms with Gasteiger partial charge in [-0.25, -0.2) is 13.9 Å². The largest absolute Gasteiger partial charge is 0.497 e. The molecule has 0 saturated heterocycles. The Labute approximate surface area is 153 Å². The van der Waals surface area contributed by atoms with E-state index in [1.165, 1.54) is 29.8 Å². The van der Waals surface area contributed by atoms with Crippen LogP contribution in [0.15, 0.2) is 41.3 Å². The van der Waals surface area contributed by atoms with Crippen molar-refractivity contribution in [2.24, 2.45) is 0 Å². The van der Waals surface area contributed by atoms with Crippen molar-refractivity contribution in [1.82, 2.24) is 19.5 Å². The molecule has 0 spiro atoms. The minimum Gasteiger partial charge on any atom is -0.497 e. The highest BCUT2D eigenvalue weighted by Crippen LogP contribution is 2.20. The highest BCUT2D eigenvalue weighted by atomic mass is 35.5. The van der Waals surface area contributed by atoms with Gasteiger partial charge in [0.1, 0.15) is 18.1 Å². The predicted octanol–water partition coefficient (Wildman–Crippen LogP) is 2.17. The molecule has 0 saturated carbocycles. The summed E-state index contributed by atoms with van der Waals surface area (Å²) < 4.78 is 21.0. The lowest BCUT2D eigenvalue weighted by atomic mass is 10.1. The van der Waals surface area contributed by atoms with Gasteiger partial charge in [0.2, 0.25) is 5.91 Å². The fourth-order valence-corrected chi connectivity index (χ4v) is 2.63. The predicted molar refractivity (Wildman–Crippen MR) is 94.0 cm³/mol. The maximum Gasteiger partial charge on any atom is 0.350 e. The molecule has 26 heavy (non-hydrogen) atoms. The Morgan fingerprint density at radius 3 is 2.85 bits per heavy atom. The monoisotopic (exact) mass is 378 g/mol. The number of fused-ring (bicyclic) bond motifs is 1. The lowest BCUT2D eigenvalue weighted by Crippen LogP contribution is -2.34. The number of hydrogen-bond acceptors (Lipinski definition) is 4. The number of nitrogens with zero attached hydrogens (tertiary/aromatic N) is 3. The van der Waals surface area contributed by atoms with Crippen LogP contribution in [-0.2, 0) is 11.3 Å². The van der Waals surface area contributed by atoms with Crippen LogP contribution >= 0.6 is 11.6 Å². The average molecular weight is 379 g/mol. The van der Waals surface area contributed by atoms with Crippen LogP contribution in [0.3, 0.4) is 0 Å². The van der Waals surface area contributed by atoms with Gasteiger partial charge in [-0.2, -0.15) is 0 Å². The van der Waals surface area contributed by atoms with Crippen molar-refractivity contribution in [3.05, 3.63) is 63.4 Å². The third kappa shape index (κ3) is 3.55. The molecule has 3 rings (SSSR count). The Bertz CT molecular complexity index is 1030. The number of carbonyl (C=O) groups is 1. The summed E-state index contributed by atoms with van der Waals surface area (Å²) >= 11 is 5.66. The smallest absolute Gasteiger partial charge is 0.350 e. The van der Waals surface area contributed by atoms with Crippen LogP contribution in [0.5, 0.6) is 5.75 Å². The number of ether oxygens (including phenoxy) is 1. The Hall–Kier alpha value is -2.87. The average Bonchev–Trinajstić information content (AvgIpc) is 2.92. The molecule has 0 radical (unpaired) electrons. The van der Waals surface area contributed by atoms with Gasteiger partial charge in [0.05, 0.1) is 18.2 Å². The molecule has 1 N–H and O–H groups in total. The summed E-state index contributed by atoms with van der Waals surface area (Å²) in [7, 11) is 1.51. The van der Waals surface area contributed by atoms with E-state index in [0.29, 0.717) is 17.0 Å².